The van der Waals surface area contributed by atoms with Gasteiger partial charge in [0.15, 0.2) is 0 Å². The number of unbranched alkanes of at least 4 members (excludes halogenated alkanes) is 10. The molecule has 29 heavy (non-hydrogen) atoms. The third kappa shape index (κ3) is 16.2. The number of amides is 1. The molecule has 0 spiro atoms. The Labute approximate surface area is 179 Å². The topological polar surface area (TPSA) is 64.6 Å². The van der Waals surface area contributed by atoms with Gasteiger partial charge in [-0.25, -0.2) is 9.59 Å². The number of nitrogens with one attached hydrogen (secondary N) is 1. The van der Waals surface area contributed by atoms with Gasteiger partial charge >= 0.3 is 12.1 Å². The van der Waals surface area contributed by atoms with Crippen LogP contribution in [0.4, 0.5) is 4.79 Å². The Morgan fingerprint density at radius 3 is 1.76 bits per heavy atom. The zero-order valence-electron chi connectivity index (χ0n) is 19.8. The number of carbonyl (C=O) groups is 2. The minimum absolute atomic E-state index is 0.00595. The van der Waals surface area contributed by atoms with E-state index in [0.717, 1.165) is 19.3 Å². The quantitative estimate of drug-likeness (QED) is 0.202. The lowest BCUT2D eigenvalue weighted by molar-refractivity contribution is -0.147. The predicted molar refractivity (Wildman–Crippen MR) is 120 cm³/mol. The third-order valence-corrected chi connectivity index (χ3v) is 5.28. The molecule has 0 radical (unpaired) electrons. The molecule has 0 aromatic rings. The van der Waals surface area contributed by atoms with E-state index in [9.17, 15) is 9.59 Å². The summed E-state index contributed by atoms with van der Waals surface area (Å²) in [4.78, 5) is 24.3. The van der Waals surface area contributed by atoms with Crippen molar-refractivity contribution in [1.29, 1.82) is 0 Å². The molecule has 2 atom stereocenters. The van der Waals surface area contributed by atoms with Crippen molar-refractivity contribution in [3.63, 3.8) is 0 Å². The molecule has 0 aliphatic carbocycles. The lowest BCUT2D eigenvalue weighted by Gasteiger charge is -2.22. The summed E-state index contributed by atoms with van der Waals surface area (Å²) in [5.41, 5.74) is 0. The lowest BCUT2D eigenvalue weighted by Crippen LogP contribution is -2.46. The van der Waals surface area contributed by atoms with Gasteiger partial charge in [0.05, 0.1) is 13.2 Å². The first kappa shape index (κ1) is 27.7. The molecule has 172 valence electrons. The third-order valence-electron chi connectivity index (χ3n) is 5.28. The molecule has 0 saturated heterocycles. The van der Waals surface area contributed by atoms with Crippen LogP contribution >= 0.6 is 0 Å². The Hall–Kier alpha value is -1.26. The average molecular weight is 414 g/mol. The van der Waals surface area contributed by atoms with Crippen LogP contribution in [0.25, 0.3) is 0 Å². The molecule has 0 saturated carbocycles. The highest BCUT2D eigenvalue weighted by molar-refractivity contribution is 5.81. The average Bonchev–Trinajstić information content (AvgIpc) is 2.70. The Bertz CT molecular complexity index is 412. The van der Waals surface area contributed by atoms with E-state index in [4.69, 9.17) is 9.47 Å². The molecule has 0 fully saturated rings. The van der Waals surface area contributed by atoms with Crippen LogP contribution in [0.5, 0.6) is 0 Å². The van der Waals surface area contributed by atoms with Crippen molar-refractivity contribution < 1.29 is 19.1 Å². The van der Waals surface area contributed by atoms with Gasteiger partial charge in [-0.05, 0) is 18.3 Å². The summed E-state index contributed by atoms with van der Waals surface area (Å²) in [6.07, 6.45) is 14.1. The number of alkyl carbamates (subject to hydrolysis) is 1. The molecule has 0 bridgehead atoms. The van der Waals surface area contributed by atoms with Gasteiger partial charge in [-0.1, -0.05) is 105 Å². The zero-order chi connectivity index (χ0) is 21.9. The first-order valence-electron chi connectivity index (χ1n) is 12.0. The standard InChI is InChI=1S/C24H47NO4/c1-6-8-9-10-11-12-13-14-15-16-17-18-28-23(26)22(21(5)7-2)25-24(27)29-19-20(3)4/h20-22H,6-19H2,1-5H3,(H,25,27)/t21?,22-/m0/s1. The number of rotatable bonds is 18. The van der Waals surface area contributed by atoms with Gasteiger partial charge in [-0.2, -0.15) is 0 Å². The maximum atomic E-state index is 12.4. The Morgan fingerprint density at radius 1 is 0.759 bits per heavy atom. The maximum absolute atomic E-state index is 12.4. The van der Waals surface area contributed by atoms with E-state index in [1.54, 1.807) is 0 Å². The maximum Gasteiger partial charge on any atom is 0.407 e. The summed E-state index contributed by atoms with van der Waals surface area (Å²) < 4.78 is 10.6. The van der Waals surface area contributed by atoms with Crippen molar-refractivity contribution in [3.05, 3.63) is 0 Å². The summed E-state index contributed by atoms with van der Waals surface area (Å²) in [6.45, 7) is 10.9. The molecule has 0 aromatic carbocycles. The normalized spacial score (nSPS) is 13.2. The lowest BCUT2D eigenvalue weighted by atomic mass is 9.99. The number of ether oxygens (including phenoxy) is 2. The van der Waals surface area contributed by atoms with Gasteiger partial charge in [0.25, 0.3) is 0 Å². The molecule has 0 heterocycles. The van der Waals surface area contributed by atoms with Crippen LogP contribution in [0, 0.1) is 11.8 Å². The fourth-order valence-electron chi connectivity index (χ4n) is 3.11. The molecular formula is C24H47NO4. The molecule has 1 amide bonds. The Balaban J connectivity index is 3.89. The first-order valence-corrected chi connectivity index (χ1v) is 12.0. The van der Waals surface area contributed by atoms with Crippen molar-refractivity contribution in [2.24, 2.45) is 11.8 Å². The minimum atomic E-state index is -0.646. The van der Waals surface area contributed by atoms with Gasteiger partial charge < -0.3 is 14.8 Å². The van der Waals surface area contributed by atoms with Crippen molar-refractivity contribution in [1.82, 2.24) is 5.32 Å². The molecule has 5 heteroatoms. The van der Waals surface area contributed by atoms with E-state index in [-0.39, 0.29) is 17.8 Å². The van der Waals surface area contributed by atoms with Crippen molar-refractivity contribution in [2.75, 3.05) is 13.2 Å². The van der Waals surface area contributed by atoms with E-state index >= 15 is 0 Å². The predicted octanol–water partition coefficient (Wildman–Crippen LogP) is 6.64. The monoisotopic (exact) mass is 413 g/mol. The Morgan fingerprint density at radius 2 is 1.28 bits per heavy atom. The number of carbonyl (C=O) groups excluding carboxylic acids is 2. The van der Waals surface area contributed by atoms with Crippen LogP contribution in [0.15, 0.2) is 0 Å². The first-order chi connectivity index (χ1) is 13.9. The molecule has 0 aliphatic rings. The minimum Gasteiger partial charge on any atom is -0.464 e. The van der Waals surface area contributed by atoms with Crippen LogP contribution in [-0.4, -0.2) is 31.3 Å². The highest BCUT2D eigenvalue weighted by Crippen LogP contribution is 2.13. The van der Waals surface area contributed by atoms with Gasteiger partial charge in [0, 0.05) is 0 Å². The molecule has 1 unspecified atom stereocenters. The highest BCUT2D eigenvalue weighted by atomic mass is 16.6. The van der Waals surface area contributed by atoms with Crippen LogP contribution in [0.1, 0.15) is 112 Å². The van der Waals surface area contributed by atoms with Gasteiger partial charge in [0.1, 0.15) is 6.04 Å². The van der Waals surface area contributed by atoms with Crippen LogP contribution in [0.2, 0.25) is 0 Å². The second-order valence-corrected chi connectivity index (χ2v) is 8.70. The highest BCUT2D eigenvalue weighted by Gasteiger charge is 2.27. The number of esters is 1. The smallest absolute Gasteiger partial charge is 0.407 e. The van der Waals surface area contributed by atoms with E-state index in [2.05, 4.69) is 12.2 Å². The van der Waals surface area contributed by atoms with E-state index in [0.29, 0.717) is 13.2 Å². The van der Waals surface area contributed by atoms with Crippen LogP contribution in [-0.2, 0) is 14.3 Å². The van der Waals surface area contributed by atoms with Crippen molar-refractivity contribution >= 4 is 12.1 Å². The summed E-state index contributed by atoms with van der Waals surface area (Å²) in [5.74, 6) is -0.0878. The SMILES string of the molecule is CCCCCCCCCCCCCOC(=O)[C@@H](NC(=O)OCC(C)C)C(C)CC. The van der Waals surface area contributed by atoms with Crippen LogP contribution in [0.3, 0.4) is 0 Å². The summed E-state index contributed by atoms with van der Waals surface area (Å²) >= 11 is 0. The van der Waals surface area contributed by atoms with Crippen molar-refractivity contribution in [3.8, 4) is 0 Å². The molecule has 0 aliphatic heterocycles. The number of hydrogen-bond donors (Lipinski definition) is 1. The largest absolute Gasteiger partial charge is 0.464 e. The van der Waals surface area contributed by atoms with E-state index < -0.39 is 12.1 Å². The molecule has 5 nitrogen and oxygen atoms in total. The fourth-order valence-corrected chi connectivity index (χ4v) is 3.11. The zero-order valence-corrected chi connectivity index (χ0v) is 19.8. The van der Waals surface area contributed by atoms with Gasteiger partial charge in [-0.15, -0.1) is 0 Å². The van der Waals surface area contributed by atoms with Gasteiger partial charge in [-0.3, -0.25) is 0 Å². The molecular weight excluding hydrogens is 366 g/mol. The second kappa shape index (κ2) is 18.7. The van der Waals surface area contributed by atoms with E-state index in [1.807, 2.05) is 27.7 Å². The molecule has 0 rings (SSSR count). The van der Waals surface area contributed by atoms with E-state index in [1.165, 1.54) is 57.8 Å². The Kier molecular flexibility index (Phi) is 17.9. The van der Waals surface area contributed by atoms with Crippen molar-refractivity contribution in [2.45, 2.75) is 118 Å². The molecule has 1 N–H and O–H groups in total. The second-order valence-electron chi connectivity index (χ2n) is 8.70. The molecule has 0 aromatic heterocycles. The summed E-state index contributed by atoms with van der Waals surface area (Å²) in [5, 5.41) is 2.68. The fraction of sp³-hybridized carbons (Fsp3) is 0.917. The van der Waals surface area contributed by atoms with Gasteiger partial charge in [0.2, 0.25) is 0 Å². The number of hydrogen-bond acceptors (Lipinski definition) is 4. The van der Waals surface area contributed by atoms with Crippen LogP contribution < -0.4 is 5.32 Å². The summed E-state index contributed by atoms with van der Waals surface area (Å²) in [7, 11) is 0. The summed E-state index contributed by atoms with van der Waals surface area (Å²) in [6, 6.07) is -0.646.